The molecule has 3 rings (SSSR count). The molecule has 7 nitrogen and oxygen atoms in total. The monoisotopic (exact) mass is 400 g/mol. The van der Waals surface area contributed by atoms with Gasteiger partial charge >= 0.3 is 0 Å². The van der Waals surface area contributed by atoms with Crippen molar-refractivity contribution in [3.63, 3.8) is 0 Å². The molecule has 146 valence electrons. The van der Waals surface area contributed by atoms with Gasteiger partial charge in [-0.15, -0.1) is 11.3 Å². The summed E-state index contributed by atoms with van der Waals surface area (Å²) in [6, 6.07) is 10.0. The van der Waals surface area contributed by atoms with Crippen LogP contribution in [0.5, 0.6) is 23.0 Å². The molecule has 0 aliphatic carbocycles. The number of hydrogen-bond acceptors (Lipinski definition) is 7. The lowest BCUT2D eigenvalue weighted by molar-refractivity contribution is -0.115. The third-order valence-electron chi connectivity index (χ3n) is 3.94. The Kier molecular flexibility index (Phi) is 6.00. The van der Waals surface area contributed by atoms with Gasteiger partial charge in [-0.3, -0.25) is 4.79 Å². The molecule has 1 heterocycles. The molecule has 0 aliphatic rings. The average molecular weight is 400 g/mol. The fourth-order valence-corrected chi connectivity index (χ4v) is 3.49. The normalized spacial score (nSPS) is 10.4. The van der Waals surface area contributed by atoms with Crippen LogP contribution in [0.15, 0.2) is 41.8 Å². The van der Waals surface area contributed by atoms with Crippen molar-refractivity contribution in [1.82, 2.24) is 4.98 Å². The summed E-state index contributed by atoms with van der Waals surface area (Å²) < 4.78 is 16.1. The lowest BCUT2D eigenvalue weighted by Gasteiger charge is -2.13. The highest BCUT2D eigenvalue weighted by atomic mass is 32.1. The molecular weight excluding hydrogens is 380 g/mol. The number of carbonyl (C=O) groups is 1. The van der Waals surface area contributed by atoms with Gasteiger partial charge in [-0.05, 0) is 24.3 Å². The lowest BCUT2D eigenvalue weighted by atomic mass is 10.2. The van der Waals surface area contributed by atoms with Crippen molar-refractivity contribution in [2.75, 3.05) is 26.6 Å². The van der Waals surface area contributed by atoms with Crippen LogP contribution in [0.2, 0.25) is 0 Å². The average Bonchev–Trinajstić information content (AvgIpc) is 3.15. The maximum absolute atomic E-state index is 12.2. The van der Waals surface area contributed by atoms with E-state index in [1.807, 2.05) is 17.5 Å². The van der Waals surface area contributed by atoms with Crippen molar-refractivity contribution in [2.24, 2.45) is 0 Å². The highest BCUT2D eigenvalue weighted by molar-refractivity contribution is 7.13. The van der Waals surface area contributed by atoms with Crippen LogP contribution < -0.4 is 19.5 Å². The van der Waals surface area contributed by atoms with E-state index in [9.17, 15) is 9.90 Å². The zero-order valence-electron chi connectivity index (χ0n) is 15.7. The summed E-state index contributed by atoms with van der Waals surface area (Å²) in [7, 11) is 4.66. The Balaban J connectivity index is 1.77. The van der Waals surface area contributed by atoms with E-state index < -0.39 is 0 Å². The second-order valence-electron chi connectivity index (χ2n) is 5.83. The van der Waals surface area contributed by atoms with Crippen molar-refractivity contribution in [3.05, 3.63) is 47.5 Å². The van der Waals surface area contributed by atoms with Crippen LogP contribution in [0.3, 0.4) is 0 Å². The summed E-state index contributed by atoms with van der Waals surface area (Å²) >= 11 is 1.42. The van der Waals surface area contributed by atoms with E-state index in [4.69, 9.17) is 14.2 Å². The Morgan fingerprint density at radius 3 is 2.43 bits per heavy atom. The molecule has 0 atom stereocenters. The topological polar surface area (TPSA) is 89.9 Å². The highest BCUT2D eigenvalue weighted by Crippen LogP contribution is 2.41. The number of thiazole rings is 1. The second-order valence-corrected chi connectivity index (χ2v) is 6.69. The zero-order chi connectivity index (χ0) is 20.1. The summed E-state index contributed by atoms with van der Waals surface area (Å²) in [6.45, 7) is 0. The van der Waals surface area contributed by atoms with E-state index in [-0.39, 0.29) is 18.1 Å². The van der Waals surface area contributed by atoms with Gasteiger partial charge in [-0.25, -0.2) is 4.98 Å². The van der Waals surface area contributed by atoms with Crippen LogP contribution in [0.25, 0.3) is 10.6 Å². The van der Waals surface area contributed by atoms with Crippen molar-refractivity contribution in [1.29, 1.82) is 0 Å². The van der Waals surface area contributed by atoms with Gasteiger partial charge in [0.25, 0.3) is 0 Å². The van der Waals surface area contributed by atoms with Crippen molar-refractivity contribution < 1.29 is 24.1 Å². The Morgan fingerprint density at radius 2 is 1.82 bits per heavy atom. The number of nitrogens with one attached hydrogen (secondary N) is 1. The molecule has 0 radical (unpaired) electrons. The maximum atomic E-state index is 12.2. The minimum Gasteiger partial charge on any atom is -0.508 e. The van der Waals surface area contributed by atoms with E-state index in [0.717, 1.165) is 10.6 Å². The van der Waals surface area contributed by atoms with Gasteiger partial charge in [0, 0.05) is 22.7 Å². The molecule has 2 N–H and O–H groups in total. The molecule has 1 amide bonds. The first-order valence-corrected chi connectivity index (χ1v) is 9.25. The number of ether oxygens (including phenoxy) is 3. The first-order chi connectivity index (χ1) is 13.5. The number of benzene rings is 2. The van der Waals surface area contributed by atoms with Crippen molar-refractivity contribution in [2.45, 2.75) is 6.42 Å². The van der Waals surface area contributed by atoms with Crippen molar-refractivity contribution >= 4 is 22.9 Å². The SMILES string of the molecule is COc1cc(-c2nc(CC(=O)Nc3cccc(O)c3)cs2)cc(OC)c1OC. The Labute approximate surface area is 166 Å². The first kappa shape index (κ1) is 19.5. The van der Waals surface area contributed by atoms with Crippen LogP contribution >= 0.6 is 11.3 Å². The lowest BCUT2D eigenvalue weighted by Crippen LogP contribution is -2.14. The molecular formula is C20H20N2O5S. The summed E-state index contributed by atoms with van der Waals surface area (Å²) in [5.41, 5.74) is 1.98. The standard InChI is InChI=1S/C20H20N2O5S/c1-25-16-7-12(8-17(26-2)19(16)27-3)20-22-14(11-28-20)10-18(24)21-13-5-4-6-15(23)9-13/h4-9,11,23H,10H2,1-3H3,(H,21,24). The van der Waals surface area contributed by atoms with Gasteiger partial charge in [0.1, 0.15) is 10.8 Å². The van der Waals surface area contributed by atoms with E-state index in [1.54, 1.807) is 39.5 Å². The molecule has 0 aliphatic heterocycles. The van der Waals surface area contributed by atoms with Gasteiger partial charge in [-0.2, -0.15) is 0 Å². The number of aromatic nitrogens is 1. The largest absolute Gasteiger partial charge is 0.508 e. The minimum atomic E-state index is -0.215. The third-order valence-corrected chi connectivity index (χ3v) is 4.88. The number of nitrogens with zero attached hydrogens (tertiary/aromatic N) is 1. The maximum Gasteiger partial charge on any atom is 0.230 e. The van der Waals surface area contributed by atoms with E-state index in [0.29, 0.717) is 28.6 Å². The summed E-state index contributed by atoms with van der Waals surface area (Å²) in [5, 5.41) is 14.8. The molecule has 1 aromatic heterocycles. The predicted molar refractivity (Wildman–Crippen MR) is 108 cm³/mol. The van der Waals surface area contributed by atoms with Crippen LogP contribution in [-0.4, -0.2) is 37.3 Å². The summed E-state index contributed by atoms with van der Waals surface area (Å²) in [5.74, 6) is 1.46. The number of hydrogen-bond donors (Lipinski definition) is 2. The Morgan fingerprint density at radius 1 is 1.11 bits per heavy atom. The molecule has 8 heteroatoms. The summed E-state index contributed by atoms with van der Waals surface area (Å²) in [6.07, 6.45) is 0.122. The van der Waals surface area contributed by atoms with E-state index in [1.165, 1.54) is 17.4 Å². The van der Waals surface area contributed by atoms with E-state index in [2.05, 4.69) is 10.3 Å². The molecule has 0 saturated carbocycles. The van der Waals surface area contributed by atoms with Gasteiger partial charge in [0.15, 0.2) is 11.5 Å². The van der Waals surface area contributed by atoms with Gasteiger partial charge < -0.3 is 24.6 Å². The molecule has 0 bridgehead atoms. The highest BCUT2D eigenvalue weighted by Gasteiger charge is 2.16. The van der Waals surface area contributed by atoms with Crippen LogP contribution in [-0.2, 0) is 11.2 Å². The number of phenolic OH excluding ortho intramolecular Hbond substituents is 1. The molecule has 3 aromatic rings. The molecule has 0 saturated heterocycles. The zero-order valence-corrected chi connectivity index (χ0v) is 16.5. The Hall–Kier alpha value is -3.26. The first-order valence-electron chi connectivity index (χ1n) is 8.37. The van der Waals surface area contributed by atoms with Gasteiger partial charge in [-0.1, -0.05) is 6.07 Å². The molecule has 0 spiro atoms. The molecule has 2 aromatic carbocycles. The fourth-order valence-electron chi connectivity index (χ4n) is 2.68. The van der Waals surface area contributed by atoms with E-state index >= 15 is 0 Å². The second kappa shape index (κ2) is 8.62. The van der Waals surface area contributed by atoms with Crippen LogP contribution in [0, 0.1) is 0 Å². The van der Waals surface area contributed by atoms with Crippen LogP contribution in [0.1, 0.15) is 5.69 Å². The molecule has 0 fully saturated rings. The number of methoxy groups -OCH3 is 3. The Bertz CT molecular complexity index is 961. The van der Waals surface area contributed by atoms with Crippen LogP contribution in [0.4, 0.5) is 5.69 Å². The third kappa shape index (κ3) is 4.34. The smallest absolute Gasteiger partial charge is 0.230 e. The number of carbonyl (C=O) groups excluding carboxylic acids is 1. The number of aromatic hydroxyl groups is 1. The van der Waals surface area contributed by atoms with Gasteiger partial charge in [0.2, 0.25) is 11.7 Å². The molecule has 0 unspecified atom stereocenters. The number of amides is 1. The van der Waals surface area contributed by atoms with Gasteiger partial charge in [0.05, 0.1) is 33.4 Å². The number of rotatable bonds is 7. The predicted octanol–water partition coefficient (Wildman–Crippen LogP) is 3.72. The molecule has 28 heavy (non-hydrogen) atoms. The quantitative estimate of drug-likeness (QED) is 0.628. The summed E-state index contributed by atoms with van der Waals surface area (Å²) in [4.78, 5) is 16.8. The fraction of sp³-hybridized carbons (Fsp3) is 0.200. The van der Waals surface area contributed by atoms with Crippen molar-refractivity contribution in [3.8, 4) is 33.6 Å². The number of anilines is 1. The minimum absolute atomic E-state index is 0.0937. The number of phenols is 1.